The molecule has 2 N–H and O–H groups in total. The molecular formula is C23H20ClN5O2. The van der Waals surface area contributed by atoms with Gasteiger partial charge in [0.05, 0.1) is 37.3 Å². The molecule has 2 amide bonds. The topological polar surface area (TPSA) is 85.6 Å². The zero-order chi connectivity index (χ0) is 22.1. The molecule has 2 heterocycles. The van der Waals surface area contributed by atoms with Gasteiger partial charge in [-0.25, -0.2) is 4.85 Å². The fraction of sp³-hybridized carbons (Fsp3) is 0.217. The van der Waals surface area contributed by atoms with E-state index in [2.05, 4.69) is 9.94 Å². The van der Waals surface area contributed by atoms with Crippen LogP contribution in [0.5, 0.6) is 0 Å². The first-order chi connectivity index (χ1) is 14.9. The molecule has 0 fully saturated rings. The van der Waals surface area contributed by atoms with E-state index in [0.717, 1.165) is 5.56 Å². The Morgan fingerprint density at radius 2 is 2.00 bits per heavy atom. The van der Waals surface area contributed by atoms with Crippen molar-refractivity contribution in [1.82, 2.24) is 14.7 Å². The number of primary amides is 1. The van der Waals surface area contributed by atoms with Crippen LogP contribution in [0.3, 0.4) is 0 Å². The molecular weight excluding hydrogens is 414 g/mol. The summed E-state index contributed by atoms with van der Waals surface area (Å²) in [5, 5.41) is 5.16. The van der Waals surface area contributed by atoms with Crippen LogP contribution in [0.15, 0.2) is 48.5 Å². The maximum Gasteiger partial charge on any atom is 0.252 e. The van der Waals surface area contributed by atoms with Gasteiger partial charge < -0.3 is 10.6 Å². The van der Waals surface area contributed by atoms with E-state index in [4.69, 9.17) is 23.9 Å². The molecule has 1 aromatic heterocycles. The minimum atomic E-state index is -0.590. The molecule has 0 spiro atoms. The Kier molecular flexibility index (Phi) is 5.49. The van der Waals surface area contributed by atoms with Crippen molar-refractivity contribution in [2.75, 3.05) is 0 Å². The number of hydrogen-bond acceptors (Lipinski definition) is 3. The lowest BCUT2D eigenvalue weighted by Gasteiger charge is -2.34. The van der Waals surface area contributed by atoms with Crippen LogP contribution in [0, 0.1) is 6.57 Å². The third kappa shape index (κ3) is 4.03. The normalized spacial score (nSPS) is 15.3. The number of amides is 2. The Bertz CT molecular complexity index is 1210. The summed E-state index contributed by atoms with van der Waals surface area (Å²) in [6.45, 7) is 9.69. The maximum atomic E-state index is 13.0. The average molecular weight is 434 g/mol. The number of carbonyl (C=O) groups excluding carboxylic acids is 2. The number of hydrogen-bond donors (Lipinski definition) is 1. The van der Waals surface area contributed by atoms with Gasteiger partial charge >= 0.3 is 0 Å². The summed E-state index contributed by atoms with van der Waals surface area (Å²) < 4.78 is 1.76. The summed E-state index contributed by atoms with van der Waals surface area (Å²) in [4.78, 5) is 30.5. The molecule has 1 aliphatic heterocycles. The lowest BCUT2D eigenvalue weighted by atomic mass is 10.0. The number of rotatable bonds is 4. The third-order valence-corrected chi connectivity index (χ3v) is 5.67. The zero-order valence-electron chi connectivity index (χ0n) is 16.9. The average Bonchev–Trinajstić information content (AvgIpc) is 3.12. The van der Waals surface area contributed by atoms with Crippen LogP contribution >= 0.6 is 11.6 Å². The molecule has 3 aromatic rings. The molecule has 31 heavy (non-hydrogen) atoms. The highest BCUT2D eigenvalue weighted by Crippen LogP contribution is 2.31. The summed E-state index contributed by atoms with van der Waals surface area (Å²) in [6.07, 6.45) is 0.212. The highest BCUT2D eigenvalue weighted by molar-refractivity contribution is 6.30. The van der Waals surface area contributed by atoms with E-state index in [-0.39, 0.29) is 24.9 Å². The van der Waals surface area contributed by atoms with E-state index in [1.165, 1.54) is 0 Å². The number of benzene rings is 2. The van der Waals surface area contributed by atoms with Crippen molar-refractivity contribution < 1.29 is 9.59 Å². The van der Waals surface area contributed by atoms with Gasteiger partial charge in [0, 0.05) is 16.6 Å². The molecule has 7 nitrogen and oxygen atoms in total. The molecule has 2 aromatic carbocycles. The second-order valence-electron chi connectivity index (χ2n) is 7.55. The molecule has 156 valence electrons. The van der Waals surface area contributed by atoms with Gasteiger partial charge in [0.1, 0.15) is 5.69 Å². The minimum Gasteiger partial charge on any atom is -0.365 e. The second kappa shape index (κ2) is 8.25. The first kappa shape index (κ1) is 20.6. The van der Waals surface area contributed by atoms with Gasteiger partial charge in [-0.05, 0) is 24.6 Å². The summed E-state index contributed by atoms with van der Waals surface area (Å²) in [5.41, 5.74) is 9.19. The van der Waals surface area contributed by atoms with Crippen LogP contribution in [-0.2, 0) is 24.3 Å². The van der Waals surface area contributed by atoms with Crippen molar-refractivity contribution in [3.63, 3.8) is 0 Å². The fourth-order valence-corrected chi connectivity index (χ4v) is 4.06. The van der Waals surface area contributed by atoms with Crippen LogP contribution < -0.4 is 5.73 Å². The van der Waals surface area contributed by atoms with Crippen LogP contribution in [0.4, 0.5) is 5.69 Å². The molecule has 1 unspecified atom stereocenters. The Morgan fingerprint density at radius 3 is 2.65 bits per heavy atom. The van der Waals surface area contributed by atoms with Gasteiger partial charge in [0.25, 0.3) is 5.91 Å². The van der Waals surface area contributed by atoms with Gasteiger partial charge in [0.2, 0.25) is 5.91 Å². The van der Waals surface area contributed by atoms with Crippen LogP contribution in [0.2, 0.25) is 5.02 Å². The third-order valence-electron chi connectivity index (χ3n) is 5.43. The monoisotopic (exact) mass is 433 g/mol. The number of carbonyl (C=O) groups is 2. The zero-order valence-corrected chi connectivity index (χ0v) is 17.6. The molecule has 0 bridgehead atoms. The smallest absolute Gasteiger partial charge is 0.252 e. The van der Waals surface area contributed by atoms with E-state index in [1.54, 1.807) is 52.0 Å². The number of halogens is 1. The Hall–Kier alpha value is -3.63. The lowest BCUT2D eigenvalue weighted by molar-refractivity contribution is -0.134. The van der Waals surface area contributed by atoms with Crippen LogP contribution in [0.1, 0.15) is 28.5 Å². The van der Waals surface area contributed by atoms with Gasteiger partial charge in [-0.2, -0.15) is 5.10 Å². The minimum absolute atomic E-state index is 0.0600. The van der Waals surface area contributed by atoms with E-state index >= 15 is 0 Å². The number of nitrogens with two attached hydrogens (primary N) is 1. The first-order valence-corrected chi connectivity index (χ1v) is 10.2. The van der Waals surface area contributed by atoms with E-state index in [0.29, 0.717) is 39.8 Å². The van der Waals surface area contributed by atoms with Crippen molar-refractivity contribution in [2.45, 2.75) is 32.5 Å². The molecule has 4 rings (SSSR count). The molecule has 1 atom stereocenters. The Labute approximate surface area is 184 Å². The maximum absolute atomic E-state index is 13.0. The second-order valence-corrected chi connectivity index (χ2v) is 7.99. The highest BCUT2D eigenvalue weighted by atomic mass is 35.5. The highest BCUT2D eigenvalue weighted by Gasteiger charge is 2.33. The molecule has 0 radical (unpaired) electrons. The standard InChI is InChI=1S/C23H20ClN5O2/c1-14-12-29-19(13-28(14)20(30)10-15-6-8-18(26-2)9-7-15)21(23(25)31)22(27-29)16-4-3-5-17(24)11-16/h3-9,11,14H,10,12-13H2,1H3,(H2,25,31). The molecule has 0 aliphatic carbocycles. The van der Waals surface area contributed by atoms with Crippen molar-refractivity contribution in [2.24, 2.45) is 5.73 Å². The molecule has 0 saturated heterocycles. The van der Waals surface area contributed by atoms with E-state index < -0.39 is 5.91 Å². The van der Waals surface area contributed by atoms with E-state index in [9.17, 15) is 9.59 Å². The van der Waals surface area contributed by atoms with Crippen molar-refractivity contribution in [3.8, 4) is 11.3 Å². The molecule has 0 saturated carbocycles. The predicted molar refractivity (Wildman–Crippen MR) is 118 cm³/mol. The van der Waals surface area contributed by atoms with Crippen molar-refractivity contribution in [3.05, 3.63) is 81.8 Å². The van der Waals surface area contributed by atoms with Gasteiger partial charge in [0.15, 0.2) is 5.69 Å². The quantitative estimate of drug-likeness (QED) is 0.634. The van der Waals surface area contributed by atoms with Crippen LogP contribution in [-0.4, -0.2) is 32.5 Å². The Balaban J connectivity index is 1.65. The molecule has 8 heteroatoms. The summed E-state index contributed by atoms with van der Waals surface area (Å²) in [7, 11) is 0. The van der Waals surface area contributed by atoms with Gasteiger partial charge in [-0.1, -0.05) is 48.0 Å². The summed E-state index contributed by atoms with van der Waals surface area (Å²) in [6, 6.07) is 14.0. The SMILES string of the molecule is [C-]#[N+]c1ccc(CC(=O)N2Cc3c(C(N)=O)c(-c4cccc(Cl)c4)nn3CC2C)cc1. The van der Waals surface area contributed by atoms with Crippen LogP contribution in [0.25, 0.3) is 16.1 Å². The number of nitrogens with zero attached hydrogens (tertiary/aromatic N) is 4. The van der Waals surface area contributed by atoms with E-state index in [1.807, 2.05) is 13.0 Å². The first-order valence-electron chi connectivity index (χ1n) is 9.78. The van der Waals surface area contributed by atoms with Gasteiger partial charge in [-0.3, -0.25) is 14.3 Å². The summed E-state index contributed by atoms with van der Waals surface area (Å²) >= 11 is 6.12. The lowest BCUT2D eigenvalue weighted by Crippen LogP contribution is -2.46. The Morgan fingerprint density at radius 1 is 1.26 bits per heavy atom. The fourth-order valence-electron chi connectivity index (χ4n) is 3.87. The van der Waals surface area contributed by atoms with Crippen molar-refractivity contribution >= 4 is 29.1 Å². The largest absolute Gasteiger partial charge is 0.365 e. The molecule has 1 aliphatic rings. The predicted octanol–water partition coefficient (Wildman–Crippen LogP) is 3.83. The summed E-state index contributed by atoms with van der Waals surface area (Å²) in [5.74, 6) is -0.650. The van der Waals surface area contributed by atoms with Gasteiger partial charge in [-0.15, -0.1) is 0 Å². The number of aromatic nitrogens is 2. The van der Waals surface area contributed by atoms with Crippen molar-refractivity contribution in [1.29, 1.82) is 0 Å². The number of fused-ring (bicyclic) bond motifs is 1.